The smallest absolute Gasteiger partial charge is 0.278 e. The first-order valence-electron chi connectivity index (χ1n) is 7.17. The van der Waals surface area contributed by atoms with Crippen molar-refractivity contribution >= 4 is 50.3 Å². The largest absolute Gasteiger partial charge is 0.350 e. The molecule has 0 bridgehead atoms. The first-order chi connectivity index (χ1) is 11.0. The summed E-state index contributed by atoms with van der Waals surface area (Å²) in [5.41, 5.74) is 1.54. The number of benzene rings is 1. The molecule has 0 saturated carbocycles. The standard InChI is InChI=1S/C17H15BrN2O2S/c1-10(2)20-16(21)14(13-7-4-8-23-13)15(17(20)22)19-12-6-3-5-11(18)9-12/h3-10,19H,1-2H3. The number of halogens is 1. The van der Waals surface area contributed by atoms with E-state index in [4.69, 9.17) is 0 Å². The van der Waals surface area contributed by atoms with Gasteiger partial charge in [0, 0.05) is 21.1 Å². The number of rotatable bonds is 4. The van der Waals surface area contributed by atoms with Crippen LogP contribution in [0.4, 0.5) is 5.69 Å². The van der Waals surface area contributed by atoms with E-state index >= 15 is 0 Å². The molecule has 4 nitrogen and oxygen atoms in total. The van der Waals surface area contributed by atoms with Crippen molar-refractivity contribution in [3.63, 3.8) is 0 Å². The fraction of sp³-hybridized carbons (Fsp3) is 0.176. The zero-order chi connectivity index (χ0) is 16.6. The number of hydrogen-bond donors (Lipinski definition) is 1. The fourth-order valence-electron chi connectivity index (χ4n) is 2.49. The summed E-state index contributed by atoms with van der Waals surface area (Å²) in [7, 11) is 0. The van der Waals surface area contributed by atoms with Crippen LogP contribution in [0.25, 0.3) is 5.57 Å². The first-order valence-corrected chi connectivity index (χ1v) is 8.85. The van der Waals surface area contributed by atoms with Gasteiger partial charge in [0.15, 0.2) is 0 Å². The summed E-state index contributed by atoms with van der Waals surface area (Å²) >= 11 is 4.86. The third kappa shape index (κ3) is 2.96. The Morgan fingerprint density at radius 1 is 1.13 bits per heavy atom. The lowest BCUT2D eigenvalue weighted by Gasteiger charge is -2.19. The lowest BCUT2D eigenvalue weighted by molar-refractivity contribution is -0.138. The Hall–Kier alpha value is -1.92. The number of anilines is 1. The van der Waals surface area contributed by atoms with Crippen LogP contribution < -0.4 is 5.32 Å². The molecule has 0 saturated heterocycles. The molecule has 0 aliphatic carbocycles. The van der Waals surface area contributed by atoms with Gasteiger partial charge in [-0.1, -0.05) is 28.1 Å². The quantitative estimate of drug-likeness (QED) is 0.798. The predicted molar refractivity (Wildman–Crippen MR) is 96.0 cm³/mol. The van der Waals surface area contributed by atoms with Gasteiger partial charge in [-0.2, -0.15) is 0 Å². The highest BCUT2D eigenvalue weighted by atomic mass is 79.9. The van der Waals surface area contributed by atoms with Gasteiger partial charge in [0.2, 0.25) is 0 Å². The number of carbonyl (C=O) groups is 2. The van der Waals surface area contributed by atoms with Crippen molar-refractivity contribution in [2.75, 3.05) is 5.32 Å². The number of thiophene rings is 1. The molecule has 1 aliphatic heterocycles. The Morgan fingerprint density at radius 3 is 2.52 bits per heavy atom. The minimum atomic E-state index is -0.284. The third-order valence-corrected chi connectivity index (χ3v) is 4.87. The molecule has 1 aromatic carbocycles. The summed E-state index contributed by atoms with van der Waals surface area (Å²) < 4.78 is 0.901. The maximum atomic E-state index is 12.7. The van der Waals surface area contributed by atoms with E-state index < -0.39 is 0 Å². The monoisotopic (exact) mass is 390 g/mol. The highest BCUT2D eigenvalue weighted by Crippen LogP contribution is 2.34. The van der Waals surface area contributed by atoms with Gasteiger partial charge in [-0.15, -0.1) is 11.3 Å². The summed E-state index contributed by atoms with van der Waals surface area (Å²) in [5.74, 6) is -0.529. The maximum Gasteiger partial charge on any atom is 0.278 e. The van der Waals surface area contributed by atoms with Crippen LogP contribution >= 0.6 is 27.3 Å². The second-order valence-corrected chi connectivity index (χ2v) is 7.30. The summed E-state index contributed by atoms with van der Waals surface area (Å²) in [5, 5.41) is 5.03. The second kappa shape index (κ2) is 6.29. The van der Waals surface area contributed by atoms with E-state index in [2.05, 4.69) is 21.2 Å². The number of amides is 2. The van der Waals surface area contributed by atoms with E-state index in [1.165, 1.54) is 16.2 Å². The van der Waals surface area contributed by atoms with Gasteiger partial charge in [0.05, 0.1) is 5.57 Å². The molecule has 2 amide bonds. The molecule has 0 radical (unpaired) electrons. The van der Waals surface area contributed by atoms with Crippen LogP contribution in [-0.4, -0.2) is 22.8 Å². The molecule has 1 aliphatic rings. The molecule has 3 rings (SSSR count). The summed E-state index contributed by atoms with van der Waals surface area (Å²) in [6, 6.07) is 11.1. The molecule has 0 fully saturated rings. The SMILES string of the molecule is CC(C)N1C(=O)C(Nc2cccc(Br)c2)=C(c2cccs2)C1=O. The fourth-order valence-corrected chi connectivity index (χ4v) is 3.66. The van der Waals surface area contributed by atoms with E-state index in [0.717, 1.165) is 15.0 Å². The average Bonchev–Trinajstić information content (AvgIpc) is 3.07. The molecule has 0 unspecified atom stereocenters. The highest BCUT2D eigenvalue weighted by Gasteiger charge is 2.40. The van der Waals surface area contributed by atoms with Gasteiger partial charge in [-0.25, -0.2) is 0 Å². The first kappa shape index (κ1) is 16.0. The Kier molecular flexibility index (Phi) is 4.37. The van der Waals surface area contributed by atoms with E-state index in [9.17, 15) is 9.59 Å². The van der Waals surface area contributed by atoms with Crippen molar-refractivity contribution in [3.05, 3.63) is 56.8 Å². The van der Waals surface area contributed by atoms with E-state index in [-0.39, 0.29) is 17.9 Å². The molecule has 0 spiro atoms. The summed E-state index contributed by atoms with van der Waals surface area (Å²) in [6.45, 7) is 3.67. The van der Waals surface area contributed by atoms with Crippen LogP contribution in [0.2, 0.25) is 0 Å². The average molecular weight is 391 g/mol. The second-order valence-electron chi connectivity index (χ2n) is 5.44. The minimum absolute atomic E-state index is 0.188. The van der Waals surface area contributed by atoms with Crippen LogP contribution in [0.1, 0.15) is 18.7 Å². The molecular formula is C17H15BrN2O2S. The summed E-state index contributed by atoms with van der Waals surface area (Å²) in [6.07, 6.45) is 0. The molecule has 118 valence electrons. The van der Waals surface area contributed by atoms with Gasteiger partial charge in [0.25, 0.3) is 11.8 Å². The third-order valence-electron chi connectivity index (χ3n) is 3.49. The summed E-state index contributed by atoms with van der Waals surface area (Å²) in [4.78, 5) is 27.6. The van der Waals surface area contributed by atoms with Crippen molar-refractivity contribution in [1.82, 2.24) is 4.90 Å². The molecule has 23 heavy (non-hydrogen) atoms. The number of nitrogens with one attached hydrogen (secondary N) is 1. The highest BCUT2D eigenvalue weighted by molar-refractivity contribution is 9.10. The number of hydrogen-bond acceptors (Lipinski definition) is 4. The van der Waals surface area contributed by atoms with Gasteiger partial charge in [0.1, 0.15) is 5.70 Å². The Labute approximate surface area is 146 Å². The molecule has 1 aromatic heterocycles. The normalized spacial score (nSPS) is 15.0. The number of nitrogens with zero attached hydrogens (tertiary/aromatic N) is 1. The van der Waals surface area contributed by atoms with Gasteiger partial charge in [-0.3, -0.25) is 14.5 Å². The predicted octanol–water partition coefficient (Wildman–Crippen LogP) is 4.11. The molecule has 6 heteroatoms. The number of carbonyl (C=O) groups excluding carboxylic acids is 2. The molecule has 2 heterocycles. The number of imide groups is 1. The maximum absolute atomic E-state index is 12.7. The molecule has 1 N–H and O–H groups in total. The van der Waals surface area contributed by atoms with Crippen molar-refractivity contribution in [1.29, 1.82) is 0 Å². The molecule has 2 aromatic rings. The Morgan fingerprint density at radius 2 is 1.91 bits per heavy atom. The van der Waals surface area contributed by atoms with E-state index in [0.29, 0.717) is 11.3 Å². The Bertz CT molecular complexity index is 797. The topological polar surface area (TPSA) is 49.4 Å². The molecular weight excluding hydrogens is 376 g/mol. The van der Waals surface area contributed by atoms with Crippen molar-refractivity contribution in [3.8, 4) is 0 Å². The van der Waals surface area contributed by atoms with Crippen LogP contribution in [-0.2, 0) is 9.59 Å². The van der Waals surface area contributed by atoms with Gasteiger partial charge in [-0.05, 0) is 43.5 Å². The van der Waals surface area contributed by atoms with Crippen LogP contribution in [0.5, 0.6) is 0 Å². The van der Waals surface area contributed by atoms with Crippen molar-refractivity contribution in [2.24, 2.45) is 0 Å². The van der Waals surface area contributed by atoms with Crippen LogP contribution in [0.15, 0.2) is 51.9 Å². The molecule has 0 atom stereocenters. The van der Waals surface area contributed by atoms with Crippen molar-refractivity contribution < 1.29 is 9.59 Å². The zero-order valence-corrected chi connectivity index (χ0v) is 15.1. The van der Waals surface area contributed by atoms with E-state index in [1.807, 2.05) is 55.6 Å². The minimum Gasteiger partial charge on any atom is -0.350 e. The van der Waals surface area contributed by atoms with Crippen LogP contribution in [0.3, 0.4) is 0 Å². The lowest BCUT2D eigenvalue weighted by Crippen LogP contribution is -2.38. The van der Waals surface area contributed by atoms with Gasteiger partial charge < -0.3 is 5.32 Å². The zero-order valence-electron chi connectivity index (χ0n) is 12.7. The Balaban J connectivity index is 2.07. The lowest BCUT2D eigenvalue weighted by atomic mass is 10.2. The van der Waals surface area contributed by atoms with Crippen LogP contribution in [0, 0.1) is 0 Å². The van der Waals surface area contributed by atoms with Gasteiger partial charge >= 0.3 is 0 Å². The van der Waals surface area contributed by atoms with Crippen molar-refractivity contribution in [2.45, 2.75) is 19.9 Å². The van der Waals surface area contributed by atoms with E-state index in [1.54, 1.807) is 0 Å².